The van der Waals surface area contributed by atoms with Crippen molar-refractivity contribution in [2.24, 2.45) is 0 Å². The van der Waals surface area contributed by atoms with E-state index in [1.54, 1.807) is 4.90 Å². The molecule has 3 heterocycles. The molecule has 8 heteroatoms. The molecule has 1 aromatic carbocycles. The van der Waals surface area contributed by atoms with Gasteiger partial charge in [-0.05, 0) is 12.5 Å². The molecule has 0 spiro atoms. The standard InChI is InChI=1S/C18H21N5O3/c1-13-10-22(17(24)12-21-7-8-26-18(21)25)11-16-20-19-15(23(13)16)9-14-5-3-2-4-6-14/h2-6,13H,7-12H2,1H3/t13-/m0/s1. The van der Waals surface area contributed by atoms with Crippen molar-refractivity contribution in [2.45, 2.75) is 25.9 Å². The number of benzene rings is 1. The highest BCUT2D eigenvalue weighted by Crippen LogP contribution is 2.23. The van der Waals surface area contributed by atoms with E-state index >= 15 is 0 Å². The molecule has 1 aromatic heterocycles. The quantitative estimate of drug-likeness (QED) is 0.824. The molecule has 136 valence electrons. The monoisotopic (exact) mass is 355 g/mol. The summed E-state index contributed by atoms with van der Waals surface area (Å²) in [6.07, 6.45) is 0.294. The van der Waals surface area contributed by atoms with Gasteiger partial charge in [-0.25, -0.2) is 4.79 Å². The highest BCUT2D eigenvalue weighted by atomic mass is 16.6. The minimum Gasteiger partial charge on any atom is -0.448 e. The van der Waals surface area contributed by atoms with E-state index in [0.717, 1.165) is 11.6 Å². The molecule has 2 aromatic rings. The Balaban J connectivity index is 1.47. The zero-order valence-corrected chi connectivity index (χ0v) is 14.7. The number of aromatic nitrogens is 3. The number of carbonyl (C=O) groups is 2. The Hall–Kier alpha value is -2.90. The summed E-state index contributed by atoms with van der Waals surface area (Å²) in [7, 11) is 0. The van der Waals surface area contributed by atoms with Crippen LogP contribution in [-0.4, -0.2) is 62.8 Å². The Morgan fingerprint density at radius 2 is 2.08 bits per heavy atom. The van der Waals surface area contributed by atoms with Crippen LogP contribution in [0.5, 0.6) is 0 Å². The van der Waals surface area contributed by atoms with Crippen LogP contribution < -0.4 is 0 Å². The molecular weight excluding hydrogens is 334 g/mol. The molecule has 26 heavy (non-hydrogen) atoms. The lowest BCUT2D eigenvalue weighted by molar-refractivity contribution is -0.133. The van der Waals surface area contributed by atoms with Crippen molar-refractivity contribution in [3.05, 3.63) is 47.5 Å². The predicted octanol–water partition coefficient (Wildman–Crippen LogP) is 1.22. The fraction of sp³-hybridized carbons (Fsp3) is 0.444. The summed E-state index contributed by atoms with van der Waals surface area (Å²) in [5.41, 5.74) is 1.18. The van der Waals surface area contributed by atoms with Gasteiger partial charge >= 0.3 is 6.09 Å². The third-order valence-electron chi connectivity index (χ3n) is 4.82. The zero-order chi connectivity index (χ0) is 18.1. The van der Waals surface area contributed by atoms with E-state index in [4.69, 9.17) is 4.74 Å². The lowest BCUT2D eigenvalue weighted by atomic mass is 10.1. The molecule has 4 rings (SSSR count). The average Bonchev–Trinajstić information content (AvgIpc) is 3.23. The van der Waals surface area contributed by atoms with Gasteiger partial charge in [-0.2, -0.15) is 0 Å². The van der Waals surface area contributed by atoms with E-state index in [-0.39, 0.29) is 18.5 Å². The van der Waals surface area contributed by atoms with Gasteiger partial charge in [0.15, 0.2) is 5.82 Å². The average molecular weight is 355 g/mol. The second-order valence-corrected chi connectivity index (χ2v) is 6.72. The maximum atomic E-state index is 12.6. The van der Waals surface area contributed by atoms with E-state index in [1.165, 1.54) is 10.5 Å². The van der Waals surface area contributed by atoms with Gasteiger partial charge in [-0.1, -0.05) is 30.3 Å². The second kappa shape index (κ2) is 6.78. The van der Waals surface area contributed by atoms with Gasteiger partial charge in [0.1, 0.15) is 19.0 Å². The molecule has 0 saturated carbocycles. The molecule has 2 aliphatic rings. The minimum atomic E-state index is -0.420. The molecule has 1 fully saturated rings. The molecule has 8 nitrogen and oxygen atoms in total. The van der Waals surface area contributed by atoms with Crippen LogP contribution in [0.25, 0.3) is 0 Å². The lowest BCUT2D eigenvalue weighted by Gasteiger charge is -2.33. The van der Waals surface area contributed by atoms with Gasteiger partial charge in [0, 0.05) is 13.0 Å². The largest absolute Gasteiger partial charge is 0.448 e. The Bertz CT molecular complexity index is 819. The van der Waals surface area contributed by atoms with Crippen LogP contribution in [0.15, 0.2) is 30.3 Å². The number of nitrogens with zero attached hydrogens (tertiary/aromatic N) is 5. The van der Waals surface area contributed by atoms with Crippen LogP contribution in [0.2, 0.25) is 0 Å². The molecule has 1 atom stereocenters. The molecular formula is C18H21N5O3. The summed E-state index contributed by atoms with van der Waals surface area (Å²) in [5.74, 6) is 1.61. The first-order chi connectivity index (χ1) is 12.6. The number of fused-ring (bicyclic) bond motifs is 1. The number of ether oxygens (including phenoxy) is 1. The van der Waals surface area contributed by atoms with Crippen LogP contribution in [0.4, 0.5) is 4.79 Å². The van der Waals surface area contributed by atoms with Crippen LogP contribution in [0.1, 0.15) is 30.2 Å². The Kier molecular flexibility index (Phi) is 4.32. The van der Waals surface area contributed by atoms with E-state index in [2.05, 4.69) is 33.8 Å². The van der Waals surface area contributed by atoms with Crippen LogP contribution >= 0.6 is 0 Å². The van der Waals surface area contributed by atoms with E-state index in [0.29, 0.717) is 32.7 Å². The fourth-order valence-corrected chi connectivity index (χ4v) is 3.53. The van der Waals surface area contributed by atoms with Gasteiger partial charge in [0.05, 0.1) is 19.1 Å². The minimum absolute atomic E-state index is 0.0521. The molecule has 0 bridgehead atoms. The van der Waals surface area contributed by atoms with Crippen molar-refractivity contribution in [2.75, 3.05) is 26.2 Å². The van der Waals surface area contributed by atoms with Crippen molar-refractivity contribution in [3.8, 4) is 0 Å². The van der Waals surface area contributed by atoms with Crippen molar-refractivity contribution in [3.63, 3.8) is 0 Å². The van der Waals surface area contributed by atoms with Crippen molar-refractivity contribution in [1.29, 1.82) is 0 Å². The maximum absolute atomic E-state index is 12.6. The summed E-state index contributed by atoms with van der Waals surface area (Å²) >= 11 is 0. The summed E-state index contributed by atoms with van der Waals surface area (Å²) in [6.45, 7) is 3.91. The van der Waals surface area contributed by atoms with Gasteiger partial charge in [-0.15, -0.1) is 10.2 Å². The first kappa shape index (κ1) is 16.6. The maximum Gasteiger partial charge on any atom is 0.410 e. The third-order valence-corrected chi connectivity index (χ3v) is 4.82. The molecule has 2 amide bonds. The van der Waals surface area contributed by atoms with Gasteiger partial charge in [0.2, 0.25) is 5.91 Å². The van der Waals surface area contributed by atoms with Crippen molar-refractivity contribution in [1.82, 2.24) is 24.6 Å². The Morgan fingerprint density at radius 3 is 2.81 bits per heavy atom. The number of hydrogen-bond acceptors (Lipinski definition) is 5. The molecule has 1 saturated heterocycles. The van der Waals surface area contributed by atoms with E-state index < -0.39 is 6.09 Å². The second-order valence-electron chi connectivity index (χ2n) is 6.72. The van der Waals surface area contributed by atoms with Crippen molar-refractivity contribution < 1.29 is 14.3 Å². The number of hydrogen-bond donors (Lipinski definition) is 0. The molecule has 2 aliphatic heterocycles. The topological polar surface area (TPSA) is 80.6 Å². The first-order valence-corrected chi connectivity index (χ1v) is 8.78. The summed E-state index contributed by atoms with van der Waals surface area (Å²) in [6, 6.07) is 10.2. The molecule has 0 unspecified atom stereocenters. The number of rotatable bonds is 4. The normalized spacial score (nSPS) is 19.4. The fourth-order valence-electron chi connectivity index (χ4n) is 3.53. The van der Waals surface area contributed by atoms with Crippen LogP contribution in [0, 0.1) is 0 Å². The SMILES string of the molecule is C[C@H]1CN(C(=O)CN2CCOC2=O)Cc2nnc(Cc3ccccc3)n21. The van der Waals surface area contributed by atoms with E-state index in [1.807, 2.05) is 18.2 Å². The van der Waals surface area contributed by atoms with Gasteiger partial charge < -0.3 is 14.2 Å². The smallest absolute Gasteiger partial charge is 0.410 e. The molecule has 0 aliphatic carbocycles. The highest BCUT2D eigenvalue weighted by Gasteiger charge is 2.32. The Labute approximate surface area is 151 Å². The number of amides is 2. The van der Waals surface area contributed by atoms with Crippen LogP contribution in [-0.2, 0) is 22.5 Å². The number of cyclic esters (lactones) is 1. The summed E-state index contributed by atoms with van der Waals surface area (Å²) < 4.78 is 7.01. The van der Waals surface area contributed by atoms with Crippen molar-refractivity contribution >= 4 is 12.0 Å². The highest BCUT2D eigenvalue weighted by molar-refractivity contribution is 5.83. The third kappa shape index (κ3) is 3.14. The molecule has 0 N–H and O–H groups in total. The van der Waals surface area contributed by atoms with Gasteiger partial charge in [-0.3, -0.25) is 9.69 Å². The van der Waals surface area contributed by atoms with E-state index in [9.17, 15) is 9.59 Å². The molecule has 0 radical (unpaired) electrons. The first-order valence-electron chi connectivity index (χ1n) is 8.78. The van der Waals surface area contributed by atoms with Gasteiger partial charge in [0.25, 0.3) is 0 Å². The van der Waals surface area contributed by atoms with Crippen LogP contribution in [0.3, 0.4) is 0 Å². The number of carbonyl (C=O) groups excluding carboxylic acids is 2. The Morgan fingerprint density at radius 1 is 1.27 bits per heavy atom. The lowest BCUT2D eigenvalue weighted by Crippen LogP contribution is -2.45. The zero-order valence-electron chi connectivity index (χ0n) is 14.7. The summed E-state index contributed by atoms with van der Waals surface area (Å²) in [5, 5.41) is 8.64. The summed E-state index contributed by atoms with van der Waals surface area (Å²) in [4.78, 5) is 27.3. The predicted molar refractivity (Wildman–Crippen MR) is 92.3 cm³/mol.